The third-order valence-electron chi connectivity index (χ3n) is 3.33. The molecule has 88 valence electrons. The van der Waals surface area contributed by atoms with Gasteiger partial charge in [-0.1, -0.05) is 6.92 Å². The van der Waals surface area contributed by atoms with Gasteiger partial charge in [0.1, 0.15) is 0 Å². The third kappa shape index (κ3) is 2.52. The van der Waals surface area contributed by atoms with Crippen LogP contribution in [0.25, 0.3) is 0 Å². The van der Waals surface area contributed by atoms with Crippen molar-refractivity contribution in [1.82, 2.24) is 9.69 Å². The summed E-state index contributed by atoms with van der Waals surface area (Å²) in [6, 6.07) is -0.122. The molecule has 1 fully saturated rings. The number of aromatic nitrogens is 1. The Morgan fingerprint density at radius 3 is 2.88 bits per heavy atom. The highest BCUT2D eigenvalue weighted by Gasteiger charge is 2.40. The second-order valence-corrected chi connectivity index (χ2v) is 5.10. The van der Waals surface area contributed by atoms with E-state index in [-0.39, 0.29) is 6.03 Å². The fraction of sp³-hybridized carbons (Fsp3) is 0.636. The maximum atomic E-state index is 11.6. The van der Waals surface area contributed by atoms with E-state index in [9.17, 15) is 4.79 Å². The number of aryl methyl sites for hydroxylation is 1. The molecule has 0 atom stereocenters. The van der Waals surface area contributed by atoms with E-state index in [2.05, 4.69) is 21.9 Å². The van der Waals surface area contributed by atoms with Crippen molar-refractivity contribution in [1.29, 1.82) is 0 Å². The summed E-state index contributed by atoms with van der Waals surface area (Å²) in [6.07, 6.45) is 3.62. The van der Waals surface area contributed by atoms with Gasteiger partial charge in [0.2, 0.25) is 0 Å². The zero-order valence-electron chi connectivity index (χ0n) is 9.67. The Hall–Kier alpha value is -1.10. The number of carbonyl (C=O) groups excluding carboxylic acids is 1. The zero-order valence-corrected chi connectivity index (χ0v) is 10.5. The minimum Gasteiger partial charge on any atom is -0.337 e. The topological polar surface area (TPSA) is 54.0 Å². The summed E-state index contributed by atoms with van der Waals surface area (Å²) in [7, 11) is 0. The van der Waals surface area contributed by atoms with Crippen LogP contribution in [0.1, 0.15) is 31.9 Å². The van der Waals surface area contributed by atoms with Crippen molar-refractivity contribution >= 4 is 23.3 Å². The molecule has 1 aliphatic carbocycles. The van der Waals surface area contributed by atoms with E-state index < -0.39 is 0 Å². The van der Waals surface area contributed by atoms with Crippen molar-refractivity contribution in [2.75, 3.05) is 11.9 Å². The fourth-order valence-electron chi connectivity index (χ4n) is 1.68. The van der Waals surface area contributed by atoms with Crippen LogP contribution in [0.4, 0.5) is 10.5 Å². The molecule has 5 heteroatoms. The number of rotatable bonds is 4. The number of nitrogens with zero attached hydrogens (tertiary/aromatic N) is 1. The smallest absolute Gasteiger partial charge is 0.319 e. The van der Waals surface area contributed by atoms with E-state index in [4.69, 9.17) is 0 Å². The number of hydrogen-bond donors (Lipinski definition) is 2. The van der Waals surface area contributed by atoms with Gasteiger partial charge in [0, 0.05) is 11.9 Å². The molecule has 0 spiro atoms. The summed E-state index contributed by atoms with van der Waals surface area (Å²) < 4.78 is 4.11. The van der Waals surface area contributed by atoms with Crippen molar-refractivity contribution in [3.8, 4) is 0 Å². The number of carbonyl (C=O) groups is 1. The number of nitrogens with one attached hydrogen (secondary N) is 2. The molecule has 0 unspecified atom stereocenters. The summed E-state index contributed by atoms with van der Waals surface area (Å²) in [4.78, 5) is 11.6. The Morgan fingerprint density at radius 2 is 2.38 bits per heavy atom. The lowest BCUT2D eigenvalue weighted by Gasteiger charge is -2.13. The molecule has 16 heavy (non-hydrogen) atoms. The van der Waals surface area contributed by atoms with Gasteiger partial charge in [-0.05, 0) is 43.1 Å². The number of anilines is 1. The first-order valence-electron chi connectivity index (χ1n) is 5.61. The molecular formula is C11H17N3OS. The Kier molecular flexibility index (Phi) is 3.14. The van der Waals surface area contributed by atoms with Gasteiger partial charge in [-0.15, -0.1) is 0 Å². The minimum atomic E-state index is -0.122. The van der Waals surface area contributed by atoms with Gasteiger partial charge in [0.15, 0.2) is 0 Å². The van der Waals surface area contributed by atoms with Gasteiger partial charge in [-0.25, -0.2) is 4.79 Å². The first-order valence-corrected chi connectivity index (χ1v) is 6.45. The average Bonchev–Trinajstić information content (AvgIpc) is 2.96. The first-order chi connectivity index (χ1) is 7.65. The van der Waals surface area contributed by atoms with Crippen LogP contribution in [-0.2, 0) is 0 Å². The van der Waals surface area contributed by atoms with E-state index in [0.29, 0.717) is 5.41 Å². The van der Waals surface area contributed by atoms with Crippen molar-refractivity contribution in [3.63, 3.8) is 0 Å². The standard InChI is InChI=1S/C11H17N3OS/c1-3-11(4-5-11)7-12-10(15)13-9-6-16-14-8(9)2/h6H,3-5,7H2,1-2H3,(H2,12,13,15). The van der Waals surface area contributed by atoms with Crippen molar-refractivity contribution in [2.45, 2.75) is 33.1 Å². The Balaban J connectivity index is 1.79. The molecule has 0 bridgehead atoms. The normalized spacial score (nSPS) is 16.9. The van der Waals surface area contributed by atoms with Gasteiger partial charge < -0.3 is 10.6 Å². The molecule has 1 heterocycles. The Labute approximate surface area is 99.6 Å². The molecule has 1 aromatic rings. The maximum absolute atomic E-state index is 11.6. The lowest BCUT2D eigenvalue weighted by Crippen LogP contribution is -2.33. The molecule has 4 nitrogen and oxygen atoms in total. The molecule has 1 saturated carbocycles. The predicted molar refractivity (Wildman–Crippen MR) is 65.8 cm³/mol. The Morgan fingerprint density at radius 1 is 1.62 bits per heavy atom. The lowest BCUT2D eigenvalue weighted by molar-refractivity contribution is 0.249. The molecule has 0 aromatic carbocycles. The monoisotopic (exact) mass is 239 g/mol. The number of urea groups is 1. The van der Waals surface area contributed by atoms with E-state index >= 15 is 0 Å². The van der Waals surface area contributed by atoms with E-state index in [1.54, 1.807) is 0 Å². The third-order valence-corrected chi connectivity index (χ3v) is 4.05. The second kappa shape index (κ2) is 4.41. The molecule has 1 aromatic heterocycles. The molecule has 1 aliphatic rings. The molecule has 0 aliphatic heterocycles. The van der Waals surface area contributed by atoms with Crippen LogP contribution in [0.5, 0.6) is 0 Å². The lowest BCUT2D eigenvalue weighted by atomic mass is 10.0. The zero-order chi connectivity index (χ0) is 11.6. The summed E-state index contributed by atoms with van der Waals surface area (Å²) in [5, 5.41) is 7.59. The molecular weight excluding hydrogens is 222 g/mol. The van der Waals surface area contributed by atoms with Gasteiger partial charge in [0.25, 0.3) is 0 Å². The number of amides is 2. The fourth-order valence-corrected chi connectivity index (χ4v) is 2.32. The van der Waals surface area contributed by atoms with Gasteiger partial charge in [-0.3, -0.25) is 0 Å². The van der Waals surface area contributed by atoms with Crippen LogP contribution in [-0.4, -0.2) is 16.9 Å². The number of hydrogen-bond acceptors (Lipinski definition) is 3. The van der Waals surface area contributed by atoms with Crippen LogP contribution in [0.15, 0.2) is 5.38 Å². The van der Waals surface area contributed by atoms with Gasteiger partial charge in [0.05, 0.1) is 11.4 Å². The molecule has 2 rings (SSSR count). The summed E-state index contributed by atoms with van der Waals surface area (Å²) in [5.74, 6) is 0. The van der Waals surface area contributed by atoms with Crippen LogP contribution in [0.3, 0.4) is 0 Å². The van der Waals surface area contributed by atoms with Crippen molar-refractivity contribution in [3.05, 3.63) is 11.1 Å². The quantitative estimate of drug-likeness (QED) is 0.849. The maximum Gasteiger partial charge on any atom is 0.319 e. The highest BCUT2D eigenvalue weighted by atomic mass is 32.1. The SMILES string of the molecule is CCC1(CNC(=O)Nc2csnc2C)CC1. The predicted octanol–water partition coefficient (Wildman–Crippen LogP) is 2.76. The first kappa shape index (κ1) is 11.4. The molecule has 2 amide bonds. The van der Waals surface area contributed by atoms with Gasteiger partial charge in [-0.2, -0.15) is 4.37 Å². The van der Waals surface area contributed by atoms with Crippen LogP contribution in [0.2, 0.25) is 0 Å². The minimum absolute atomic E-state index is 0.122. The Bertz CT molecular complexity index is 384. The average molecular weight is 239 g/mol. The molecule has 0 radical (unpaired) electrons. The van der Waals surface area contributed by atoms with E-state index in [1.807, 2.05) is 12.3 Å². The van der Waals surface area contributed by atoms with E-state index in [0.717, 1.165) is 24.3 Å². The highest BCUT2D eigenvalue weighted by molar-refractivity contribution is 7.04. The van der Waals surface area contributed by atoms with Gasteiger partial charge >= 0.3 is 6.03 Å². The summed E-state index contributed by atoms with van der Waals surface area (Å²) >= 11 is 1.36. The summed E-state index contributed by atoms with van der Waals surface area (Å²) in [6.45, 7) is 4.85. The largest absolute Gasteiger partial charge is 0.337 e. The van der Waals surface area contributed by atoms with Crippen molar-refractivity contribution < 1.29 is 4.79 Å². The van der Waals surface area contributed by atoms with E-state index in [1.165, 1.54) is 24.4 Å². The second-order valence-electron chi connectivity index (χ2n) is 4.47. The van der Waals surface area contributed by atoms with Crippen LogP contribution < -0.4 is 10.6 Å². The van der Waals surface area contributed by atoms with Crippen LogP contribution >= 0.6 is 11.5 Å². The van der Waals surface area contributed by atoms with Crippen LogP contribution in [0, 0.1) is 12.3 Å². The van der Waals surface area contributed by atoms with Crippen molar-refractivity contribution in [2.24, 2.45) is 5.41 Å². The molecule has 0 saturated heterocycles. The molecule has 2 N–H and O–H groups in total. The summed E-state index contributed by atoms with van der Waals surface area (Å²) in [5.41, 5.74) is 2.07. The highest BCUT2D eigenvalue weighted by Crippen LogP contribution is 2.47.